The van der Waals surface area contributed by atoms with Gasteiger partial charge in [0, 0.05) is 7.05 Å². The Hall–Kier alpha value is -2.48. The molecule has 1 aromatic carbocycles. The number of carbonyl (C=O) groups is 1. The van der Waals surface area contributed by atoms with Crippen molar-refractivity contribution in [2.75, 3.05) is 0 Å². The molecule has 0 aliphatic carbocycles. The molecule has 0 amide bonds. The van der Waals surface area contributed by atoms with Crippen LogP contribution in [0.4, 0.5) is 8.78 Å². The molecule has 0 unspecified atom stereocenters. The Morgan fingerprint density at radius 1 is 1.24 bits per heavy atom. The molecule has 0 spiro atoms. The van der Waals surface area contributed by atoms with Crippen molar-refractivity contribution < 1.29 is 18.3 Å². The largest absolute Gasteiger partial charge is 0.459 e. The number of esters is 1. The highest BCUT2D eigenvalue weighted by Crippen LogP contribution is 2.23. The number of hydrogen-bond acceptors (Lipinski definition) is 4. The van der Waals surface area contributed by atoms with Gasteiger partial charge in [0.15, 0.2) is 0 Å². The van der Waals surface area contributed by atoms with Gasteiger partial charge in [-0.1, -0.05) is 11.6 Å². The zero-order valence-corrected chi connectivity index (χ0v) is 14.6. The number of rotatable bonds is 3. The summed E-state index contributed by atoms with van der Waals surface area (Å²) in [6, 6.07) is 1.65. The molecule has 0 aliphatic heterocycles. The van der Waals surface area contributed by atoms with Crippen molar-refractivity contribution in [3.63, 3.8) is 0 Å². The summed E-state index contributed by atoms with van der Waals surface area (Å²) < 4.78 is 34.5. The summed E-state index contributed by atoms with van der Waals surface area (Å²) in [7, 11) is 1.23. The topological polar surface area (TPSA) is 70.3 Å². The first-order valence-corrected chi connectivity index (χ1v) is 7.62. The quantitative estimate of drug-likeness (QED) is 0.775. The average Bonchev–Trinajstić information content (AvgIpc) is 2.52. The van der Waals surface area contributed by atoms with Gasteiger partial charge < -0.3 is 4.74 Å². The molecule has 0 aliphatic rings. The van der Waals surface area contributed by atoms with Crippen LogP contribution in [0.3, 0.4) is 0 Å². The average molecular weight is 373 g/mol. The van der Waals surface area contributed by atoms with Crippen LogP contribution in [0.1, 0.15) is 29.9 Å². The number of aromatic nitrogens is 2. The van der Waals surface area contributed by atoms with Gasteiger partial charge in [-0.2, -0.15) is 4.39 Å². The minimum atomic E-state index is -1.33. The van der Waals surface area contributed by atoms with E-state index < -0.39 is 40.6 Å². The van der Waals surface area contributed by atoms with E-state index in [1.165, 1.54) is 14.0 Å². The van der Waals surface area contributed by atoms with Crippen LogP contribution < -0.4 is 11.2 Å². The maximum absolute atomic E-state index is 14.3. The number of ether oxygens (including phenoxy) is 1. The molecular weight excluding hydrogens is 358 g/mol. The maximum atomic E-state index is 14.3. The zero-order valence-electron chi connectivity index (χ0n) is 13.9. The van der Waals surface area contributed by atoms with E-state index in [0.717, 1.165) is 16.7 Å². The zero-order chi connectivity index (χ0) is 19.0. The number of nitrogens with zero attached hydrogens (tertiary/aromatic N) is 2. The van der Waals surface area contributed by atoms with Crippen LogP contribution >= 0.6 is 11.6 Å². The number of hydrogen-bond donors (Lipinski definition) is 0. The van der Waals surface area contributed by atoms with Crippen molar-refractivity contribution in [2.24, 2.45) is 7.05 Å². The third-order valence-electron chi connectivity index (χ3n) is 3.53. The second kappa shape index (κ2) is 6.79. The molecule has 134 valence electrons. The fourth-order valence-corrected chi connectivity index (χ4v) is 2.36. The van der Waals surface area contributed by atoms with Gasteiger partial charge in [0.2, 0.25) is 5.82 Å². The van der Waals surface area contributed by atoms with E-state index in [1.54, 1.807) is 13.8 Å². The highest BCUT2D eigenvalue weighted by Gasteiger charge is 2.22. The van der Waals surface area contributed by atoms with Crippen molar-refractivity contribution in [1.82, 2.24) is 9.13 Å². The Morgan fingerprint density at radius 2 is 1.84 bits per heavy atom. The van der Waals surface area contributed by atoms with Crippen LogP contribution in [-0.2, 0) is 11.8 Å². The van der Waals surface area contributed by atoms with Crippen LogP contribution in [0.2, 0.25) is 5.02 Å². The van der Waals surface area contributed by atoms with E-state index in [1.807, 2.05) is 0 Å². The van der Waals surface area contributed by atoms with Gasteiger partial charge in [0.25, 0.3) is 5.56 Å². The van der Waals surface area contributed by atoms with Gasteiger partial charge >= 0.3 is 11.7 Å². The van der Waals surface area contributed by atoms with Crippen LogP contribution in [0.15, 0.2) is 21.7 Å². The van der Waals surface area contributed by atoms with Crippen molar-refractivity contribution in [1.29, 1.82) is 0 Å². The van der Waals surface area contributed by atoms with E-state index in [0.29, 0.717) is 4.57 Å². The van der Waals surface area contributed by atoms with E-state index in [4.69, 9.17) is 16.3 Å². The Bertz CT molecular complexity index is 942. The molecule has 0 saturated heterocycles. The Morgan fingerprint density at radius 3 is 2.40 bits per heavy atom. The summed E-state index contributed by atoms with van der Waals surface area (Å²) in [4.78, 5) is 36.5. The first-order chi connectivity index (χ1) is 11.6. The SMILES string of the molecule is Cc1c(F)c(=O)n(-c2cc(C(=O)OC(C)C)c(Cl)cc2F)c(=O)n1C. The number of carbonyl (C=O) groups excluding carboxylic acids is 1. The standard InChI is InChI=1S/C16H15ClF2N2O4/c1-7(2)25-15(23)9-5-12(11(18)6-10(9)17)21-14(22)13(19)8(3)20(4)16(21)24/h5-7H,1-4H3. The molecule has 2 aromatic rings. The molecule has 1 heterocycles. The van der Waals surface area contributed by atoms with Gasteiger partial charge in [-0.15, -0.1) is 0 Å². The van der Waals surface area contributed by atoms with Crippen LogP contribution in [-0.4, -0.2) is 21.2 Å². The number of halogens is 3. The highest BCUT2D eigenvalue weighted by atomic mass is 35.5. The number of benzene rings is 1. The van der Waals surface area contributed by atoms with Crippen LogP contribution in [0.25, 0.3) is 5.69 Å². The molecule has 0 saturated carbocycles. The lowest BCUT2D eigenvalue weighted by molar-refractivity contribution is 0.0378. The van der Waals surface area contributed by atoms with Crippen LogP contribution in [0, 0.1) is 18.6 Å². The van der Waals surface area contributed by atoms with Crippen molar-refractivity contribution >= 4 is 17.6 Å². The summed E-state index contributed by atoms with van der Waals surface area (Å²) in [5, 5.41) is -0.260. The smallest absolute Gasteiger partial charge is 0.339 e. The van der Waals surface area contributed by atoms with Crippen molar-refractivity contribution in [3.8, 4) is 5.69 Å². The summed E-state index contributed by atoms with van der Waals surface area (Å²) in [5.74, 6) is -3.13. The van der Waals surface area contributed by atoms with Gasteiger partial charge in [-0.25, -0.2) is 18.5 Å². The summed E-state index contributed by atoms with van der Waals surface area (Å²) >= 11 is 5.85. The van der Waals surface area contributed by atoms with Crippen molar-refractivity contribution in [3.05, 3.63) is 60.9 Å². The molecular formula is C16H15ClF2N2O4. The second-order valence-electron chi connectivity index (χ2n) is 5.62. The predicted molar refractivity (Wildman–Crippen MR) is 87.5 cm³/mol. The third-order valence-corrected chi connectivity index (χ3v) is 3.84. The molecule has 0 radical (unpaired) electrons. The molecule has 2 rings (SSSR count). The lowest BCUT2D eigenvalue weighted by atomic mass is 10.2. The summed E-state index contributed by atoms with van der Waals surface area (Å²) in [6.45, 7) is 4.45. The normalized spacial score (nSPS) is 11.0. The fourth-order valence-electron chi connectivity index (χ4n) is 2.14. The molecule has 25 heavy (non-hydrogen) atoms. The fraction of sp³-hybridized carbons (Fsp3) is 0.312. The highest BCUT2D eigenvalue weighted by molar-refractivity contribution is 6.33. The Balaban J connectivity index is 2.80. The van der Waals surface area contributed by atoms with Gasteiger partial charge in [-0.3, -0.25) is 9.36 Å². The summed E-state index contributed by atoms with van der Waals surface area (Å²) in [6.07, 6.45) is -0.468. The molecule has 1 aromatic heterocycles. The second-order valence-corrected chi connectivity index (χ2v) is 6.03. The third kappa shape index (κ3) is 3.34. The van der Waals surface area contributed by atoms with E-state index in [-0.39, 0.29) is 16.3 Å². The van der Waals surface area contributed by atoms with Gasteiger partial charge in [0.05, 0.1) is 28.1 Å². The monoisotopic (exact) mass is 372 g/mol. The molecule has 0 bridgehead atoms. The molecule has 6 nitrogen and oxygen atoms in total. The van der Waals surface area contributed by atoms with Gasteiger partial charge in [-0.05, 0) is 32.9 Å². The van der Waals surface area contributed by atoms with E-state index in [2.05, 4.69) is 0 Å². The minimum Gasteiger partial charge on any atom is -0.459 e. The first kappa shape index (κ1) is 18.9. The van der Waals surface area contributed by atoms with Gasteiger partial charge in [0.1, 0.15) is 5.82 Å². The predicted octanol–water partition coefficient (Wildman–Crippen LogP) is 2.34. The van der Waals surface area contributed by atoms with Crippen LogP contribution in [0.5, 0.6) is 0 Å². The minimum absolute atomic E-state index is 0.194. The van der Waals surface area contributed by atoms with E-state index >= 15 is 0 Å². The van der Waals surface area contributed by atoms with Crippen molar-refractivity contribution in [2.45, 2.75) is 26.9 Å². The Labute approximate surface area is 146 Å². The lowest BCUT2D eigenvalue weighted by Crippen LogP contribution is -2.41. The molecule has 0 atom stereocenters. The molecule has 9 heteroatoms. The summed E-state index contributed by atoms with van der Waals surface area (Å²) in [5.41, 5.74) is -3.33. The maximum Gasteiger partial charge on any atom is 0.339 e. The first-order valence-electron chi connectivity index (χ1n) is 7.24. The van der Waals surface area contributed by atoms with E-state index in [9.17, 15) is 23.2 Å². The molecule has 0 N–H and O–H groups in total. The Kier molecular flexibility index (Phi) is 5.12. The lowest BCUT2D eigenvalue weighted by Gasteiger charge is -2.14. The molecule has 0 fully saturated rings.